The minimum absolute atomic E-state index is 0.374. The van der Waals surface area contributed by atoms with Crippen molar-refractivity contribution in [2.45, 2.75) is 96.4 Å². The molecule has 0 aromatic carbocycles. The molecule has 1 saturated heterocycles. The van der Waals surface area contributed by atoms with Crippen LogP contribution in [0.2, 0.25) is 0 Å². The summed E-state index contributed by atoms with van der Waals surface area (Å²) in [4.78, 5) is 14.9. The van der Waals surface area contributed by atoms with Gasteiger partial charge in [-0.15, -0.1) is 0 Å². The van der Waals surface area contributed by atoms with Crippen molar-refractivity contribution in [3.05, 3.63) is 0 Å². The fourth-order valence-corrected chi connectivity index (χ4v) is 4.26. The van der Waals surface area contributed by atoms with Crippen LogP contribution in [-0.4, -0.2) is 29.8 Å². The summed E-state index contributed by atoms with van der Waals surface area (Å²) in [5, 5.41) is 0. The third kappa shape index (κ3) is 5.39. The zero-order valence-corrected chi connectivity index (χ0v) is 14.1. The number of likely N-dealkylation sites (tertiary alicyclic amines) is 1. The Kier molecular flexibility index (Phi) is 7.77. The Bertz CT molecular complexity index is 302. The van der Waals surface area contributed by atoms with E-state index in [1.165, 1.54) is 77.3 Å². The summed E-state index contributed by atoms with van der Waals surface area (Å²) >= 11 is 0. The molecule has 0 spiro atoms. The number of ketones is 1. The van der Waals surface area contributed by atoms with Gasteiger partial charge in [0, 0.05) is 18.4 Å². The molecule has 2 heteroatoms. The molecule has 2 rings (SSSR count). The molecule has 2 nitrogen and oxygen atoms in total. The van der Waals surface area contributed by atoms with Crippen molar-refractivity contribution in [2.24, 2.45) is 5.92 Å². The molecule has 2 aliphatic rings. The van der Waals surface area contributed by atoms with E-state index < -0.39 is 0 Å². The zero-order chi connectivity index (χ0) is 14.9. The molecule has 0 aromatic heterocycles. The van der Waals surface area contributed by atoms with Crippen molar-refractivity contribution >= 4 is 5.78 Å². The number of Topliss-reactive ketones (excluding diaryl/α,β-unsaturated/α-hetero) is 1. The number of rotatable bonds is 8. The Morgan fingerprint density at radius 1 is 0.952 bits per heavy atom. The number of piperidine rings is 1. The molecule has 2 unspecified atom stereocenters. The number of carbonyl (C=O) groups is 1. The van der Waals surface area contributed by atoms with Gasteiger partial charge >= 0.3 is 0 Å². The first kappa shape index (κ1) is 17.0. The van der Waals surface area contributed by atoms with Gasteiger partial charge in [-0.2, -0.15) is 0 Å². The third-order valence-electron chi connectivity index (χ3n) is 5.53. The quantitative estimate of drug-likeness (QED) is 0.589. The van der Waals surface area contributed by atoms with Gasteiger partial charge in [0.05, 0.1) is 0 Å². The highest BCUT2D eigenvalue weighted by Crippen LogP contribution is 2.31. The number of hydrogen-bond donors (Lipinski definition) is 0. The fraction of sp³-hybridized carbons (Fsp3) is 0.947. The van der Waals surface area contributed by atoms with Crippen LogP contribution in [0.25, 0.3) is 0 Å². The summed E-state index contributed by atoms with van der Waals surface area (Å²) in [5.74, 6) is 0.945. The van der Waals surface area contributed by atoms with Crippen LogP contribution in [0.5, 0.6) is 0 Å². The molecule has 1 aliphatic carbocycles. The van der Waals surface area contributed by atoms with Gasteiger partial charge < -0.3 is 0 Å². The molecule has 1 aliphatic heterocycles. The van der Waals surface area contributed by atoms with Gasteiger partial charge in [0.2, 0.25) is 0 Å². The molecule has 0 amide bonds. The Morgan fingerprint density at radius 3 is 2.52 bits per heavy atom. The molecule has 1 saturated carbocycles. The zero-order valence-electron chi connectivity index (χ0n) is 14.1. The molecular weight excluding hydrogens is 258 g/mol. The van der Waals surface area contributed by atoms with Gasteiger partial charge in [0.25, 0.3) is 0 Å². The molecular formula is C19H35NO. The maximum absolute atomic E-state index is 12.3. The SMILES string of the molecule is CCCCCCCCN1CCCCC1C1CCCCC1=O. The lowest BCUT2D eigenvalue weighted by Crippen LogP contribution is -2.47. The van der Waals surface area contributed by atoms with Crippen LogP contribution in [0.1, 0.15) is 90.4 Å². The first-order valence-electron chi connectivity index (χ1n) is 9.59. The Labute approximate surface area is 131 Å². The highest BCUT2D eigenvalue weighted by Gasteiger charge is 2.34. The van der Waals surface area contributed by atoms with E-state index in [1.807, 2.05) is 0 Å². The first-order valence-corrected chi connectivity index (χ1v) is 9.59. The van der Waals surface area contributed by atoms with E-state index in [2.05, 4.69) is 11.8 Å². The molecule has 0 N–H and O–H groups in total. The predicted molar refractivity (Wildman–Crippen MR) is 89.6 cm³/mol. The maximum atomic E-state index is 12.3. The number of nitrogens with zero attached hydrogens (tertiary/aromatic N) is 1. The minimum Gasteiger partial charge on any atom is -0.300 e. The lowest BCUT2D eigenvalue weighted by atomic mass is 9.79. The highest BCUT2D eigenvalue weighted by molar-refractivity contribution is 5.82. The van der Waals surface area contributed by atoms with Crippen molar-refractivity contribution < 1.29 is 4.79 Å². The normalized spacial score (nSPS) is 28.0. The Balaban J connectivity index is 1.74. The van der Waals surface area contributed by atoms with Crippen LogP contribution in [0.4, 0.5) is 0 Å². The van der Waals surface area contributed by atoms with Crippen molar-refractivity contribution in [3.8, 4) is 0 Å². The van der Waals surface area contributed by atoms with Crippen molar-refractivity contribution in [1.29, 1.82) is 0 Å². The van der Waals surface area contributed by atoms with Crippen molar-refractivity contribution in [2.75, 3.05) is 13.1 Å². The topological polar surface area (TPSA) is 20.3 Å². The Hall–Kier alpha value is -0.370. The largest absolute Gasteiger partial charge is 0.300 e. The van der Waals surface area contributed by atoms with Crippen molar-refractivity contribution in [1.82, 2.24) is 4.90 Å². The predicted octanol–water partition coefficient (Wildman–Crippen LogP) is 4.96. The fourth-order valence-electron chi connectivity index (χ4n) is 4.26. The second kappa shape index (κ2) is 9.61. The van der Waals surface area contributed by atoms with Gasteiger partial charge in [-0.3, -0.25) is 9.69 Å². The summed E-state index contributed by atoms with van der Waals surface area (Å²) in [6.07, 6.45) is 16.6. The monoisotopic (exact) mass is 293 g/mol. The van der Waals surface area contributed by atoms with Crippen molar-refractivity contribution in [3.63, 3.8) is 0 Å². The molecule has 21 heavy (non-hydrogen) atoms. The summed E-state index contributed by atoms with van der Waals surface area (Å²) in [6.45, 7) is 4.75. The van der Waals surface area contributed by atoms with E-state index in [9.17, 15) is 4.79 Å². The van der Waals surface area contributed by atoms with E-state index in [0.29, 0.717) is 17.7 Å². The van der Waals surface area contributed by atoms with Crippen LogP contribution < -0.4 is 0 Å². The molecule has 122 valence electrons. The number of unbranched alkanes of at least 4 members (excludes halogenated alkanes) is 5. The smallest absolute Gasteiger partial charge is 0.137 e. The average molecular weight is 293 g/mol. The maximum Gasteiger partial charge on any atom is 0.137 e. The Morgan fingerprint density at radius 2 is 1.71 bits per heavy atom. The number of hydrogen-bond acceptors (Lipinski definition) is 2. The van der Waals surface area contributed by atoms with Crippen LogP contribution in [-0.2, 0) is 4.79 Å². The van der Waals surface area contributed by atoms with Gasteiger partial charge in [0.15, 0.2) is 0 Å². The lowest BCUT2D eigenvalue weighted by molar-refractivity contribution is -0.127. The molecule has 0 aromatic rings. The molecule has 0 bridgehead atoms. The summed E-state index contributed by atoms with van der Waals surface area (Å²) < 4.78 is 0. The van der Waals surface area contributed by atoms with Crippen LogP contribution in [0.3, 0.4) is 0 Å². The van der Waals surface area contributed by atoms with Crippen LogP contribution in [0, 0.1) is 5.92 Å². The third-order valence-corrected chi connectivity index (χ3v) is 5.53. The van der Waals surface area contributed by atoms with Gasteiger partial charge in [-0.05, 0) is 45.2 Å². The molecule has 0 radical (unpaired) electrons. The molecule has 1 heterocycles. The number of carbonyl (C=O) groups excluding carboxylic acids is 1. The molecule has 2 atom stereocenters. The van der Waals surface area contributed by atoms with Gasteiger partial charge in [0.1, 0.15) is 5.78 Å². The second-order valence-corrected chi connectivity index (χ2v) is 7.19. The average Bonchev–Trinajstić information content (AvgIpc) is 2.52. The van der Waals surface area contributed by atoms with Crippen LogP contribution >= 0.6 is 0 Å². The second-order valence-electron chi connectivity index (χ2n) is 7.19. The summed E-state index contributed by atoms with van der Waals surface area (Å²) in [6, 6.07) is 0.585. The van der Waals surface area contributed by atoms with E-state index in [-0.39, 0.29) is 0 Å². The summed E-state index contributed by atoms with van der Waals surface area (Å²) in [5.41, 5.74) is 0. The van der Waals surface area contributed by atoms with Gasteiger partial charge in [-0.25, -0.2) is 0 Å². The highest BCUT2D eigenvalue weighted by atomic mass is 16.1. The van der Waals surface area contributed by atoms with E-state index in [0.717, 1.165) is 19.3 Å². The van der Waals surface area contributed by atoms with Gasteiger partial charge in [-0.1, -0.05) is 51.9 Å². The van der Waals surface area contributed by atoms with E-state index in [4.69, 9.17) is 0 Å². The lowest BCUT2D eigenvalue weighted by Gasteiger charge is -2.41. The van der Waals surface area contributed by atoms with E-state index in [1.54, 1.807) is 0 Å². The summed E-state index contributed by atoms with van der Waals surface area (Å²) in [7, 11) is 0. The van der Waals surface area contributed by atoms with Crippen LogP contribution in [0.15, 0.2) is 0 Å². The molecule has 2 fully saturated rings. The van der Waals surface area contributed by atoms with E-state index >= 15 is 0 Å². The first-order chi connectivity index (χ1) is 10.3. The minimum atomic E-state index is 0.374. The standard InChI is InChI=1S/C19H35NO/c1-2-3-4-5-6-10-15-20-16-11-9-13-18(20)17-12-7-8-14-19(17)21/h17-18H,2-16H2,1H3.